The molecule has 0 aromatic heterocycles. The van der Waals surface area contributed by atoms with E-state index in [0.29, 0.717) is 5.57 Å². The predicted molar refractivity (Wildman–Crippen MR) is 79.6 cm³/mol. The van der Waals surface area contributed by atoms with Crippen LogP contribution >= 0.6 is 0 Å². The van der Waals surface area contributed by atoms with Crippen molar-refractivity contribution in [3.63, 3.8) is 0 Å². The normalized spacial score (nSPS) is 24.1. The van der Waals surface area contributed by atoms with Gasteiger partial charge in [-0.1, -0.05) is 44.2 Å². The van der Waals surface area contributed by atoms with Crippen LogP contribution in [0.25, 0.3) is 5.70 Å². The number of amides is 1. The molecule has 1 aromatic rings. The Morgan fingerprint density at radius 2 is 2.05 bits per heavy atom. The predicted octanol–water partition coefficient (Wildman–Crippen LogP) is 1.95. The number of nitrogens with one attached hydrogen (secondary N) is 1. The summed E-state index contributed by atoms with van der Waals surface area (Å²) in [4.78, 5) is 12.7. The Kier molecular flexibility index (Phi) is 3.22. The summed E-state index contributed by atoms with van der Waals surface area (Å²) in [5.74, 6) is -0.486. The molecule has 1 N–H and O–H groups in total. The lowest BCUT2D eigenvalue weighted by Crippen LogP contribution is -2.51. The summed E-state index contributed by atoms with van der Waals surface area (Å²) in [5.41, 5.74) is 2.47. The molecule has 1 aromatic carbocycles. The Labute approximate surface area is 123 Å². The van der Waals surface area contributed by atoms with Gasteiger partial charge in [-0.2, -0.15) is 10.4 Å². The van der Waals surface area contributed by atoms with E-state index in [2.05, 4.69) is 16.5 Å². The molecule has 0 fully saturated rings. The van der Waals surface area contributed by atoms with Gasteiger partial charge in [0.05, 0.1) is 11.8 Å². The van der Waals surface area contributed by atoms with E-state index in [9.17, 15) is 10.1 Å². The van der Waals surface area contributed by atoms with Crippen LogP contribution in [0.15, 0.2) is 41.0 Å². The smallest absolute Gasteiger partial charge is 0.274 e. The summed E-state index contributed by atoms with van der Waals surface area (Å²) in [6.45, 7) is 3.97. The molecular weight excluding hydrogens is 264 g/mol. The minimum absolute atomic E-state index is 0.0671. The van der Waals surface area contributed by atoms with E-state index in [1.807, 2.05) is 44.2 Å². The number of carbonyl (C=O) groups excluding carboxylic acids is 1. The van der Waals surface area contributed by atoms with Crippen molar-refractivity contribution in [3.8, 4) is 6.07 Å². The van der Waals surface area contributed by atoms with Crippen molar-refractivity contribution in [2.24, 2.45) is 16.9 Å². The molecule has 0 saturated carbocycles. The fourth-order valence-corrected chi connectivity index (χ4v) is 2.72. The van der Waals surface area contributed by atoms with Gasteiger partial charge in [0.15, 0.2) is 0 Å². The van der Waals surface area contributed by atoms with E-state index in [4.69, 9.17) is 0 Å². The fourth-order valence-electron chi connectivity index (χ4n) is 2.72. The Morgan fingerprint density at radius 3 is 2.67 bits per heavy atom. The first-order valence-corrected chi connectivity index (χ1v) is 6.97. The van der Waals surface area contributed by atoms with Crippen LogP contribution in [0, 0.1) is 23.2 Å². The van der Waals surface area contributed by atoms with Crippen molar-refractivity contribution in [1.29, 1.82) is 5.26 Å². The first kappa shape index (κ1) is 13.4. The third kappa shape index (κ3) is 2.09. The van der Waals surface area contributed by atoms with E-state index < -0.39 is 12.1 Å². The van der Waals surface area contributed by atoms with Gasteiger partial charge >= 0.3 is 0 Å². The number of benzene rings is 1. The molecule has 2 atom stereocenters. The molecule has 1 amide bonds. The zero-order chi connectivity index (χ0) is 15.0. The molecule has 0 aliphatic carbocycles. The van der Waals surface area contributed by atoms with Gasteiger partial charge in [-0.3, -0.25) is 4.79 Å². The second kappa shape index (κ2) is 5.06. The summed E-state index contributed by atoms with van der Waals surface area (Å²) in [6.07, 6.45) is 1.11. The van der Waals surface area contributed by atoms with Crippen molar-refractivity contribution in [2.75, 3.05) is 0 Å². The lowest BCUT2D eigenvalue weighted by atomic mass is 9.93. The van der Waals surface area contributed by atoms with E-state index in [1.165, 1.54) is 11.2 Å². The van der Waals surface area contributed by atoms with Crippen LogP contribution in [0.3, 0.4) is 0 Å². The molecule has 0 radical (unpaired) electrons. The first-order chi connectivity index (χ1) is 10.1. The zero-order valence-corrected chi connectivity index (χ0v) is 11.9. The molecular formula is C16H16N4O. The quantitative estimate of drug-likeness (QED) is 0.900. The molecule has 2 aliphatic rings. The Morgan fingerprint density at radius 1 is 1.33 bits per heavy atom. The lowest BCUT2D eigenvalue weighted by molar-refractivity contribution is -0.130. The van der Waals surface area contributed by atoms with Crippen molar-refractivity contribution >= 4 is 17.8 Å². The van der Waals surface area contributed by atoms with Crippen molar-refractivity contribution in [3.05, 3.63) is 41.5 Å². The number of rotatable bonds is 2. The molecule has 3 rings (SSSR count). The minimum atomic E-state index is -0.429. The van der Waals surface area contributed by atoms with E-state index in [0.717, 1.165) is 11.3 Å². The minimum Gasteiger partial charge on any atom is -0.361 e. The van der Waals surface area contributed by atoms with Crippen LogP contribution in [-0.2, 0) is 4.79 Å². The topological polar surface area (TPSA) is 68.5 Å². The van der Waals surface area contributed by atoms with Gasteiger partial charge in [-0.15, -0.1) is 0 Å². The van der Waals surface area contributed by atoms with Gasteiger partial charge in [0.25, 0.3) is 5.91 Å². The van der Waals surface area contributed by atoms with Crippen LogP contribution in [0.5, 0.6) is 0 Å². The third-order valence-electron chi connectivity index (χ3n) is 3.74. The second-order valence-corrected chi connectivity index (χ2v) is 5.47. The fraction of sp³-hybridized carbons (Fsp3) is 0.312. The number of hydrazone groups is 1. The maximum absolute atomic E-state index is 12.7. The zero-order valence-electron chi connectivity index (χ0n) is 11.9. The first-order valence-electron chi connectivity index (χ1n) is 6.97. The van der Waals surface area contributed by atoms with Crippen LogP contribution in [0.2, 0.25) is 0 Å². The van der Waals surface area contributed by atoms with Gasteiger partial charge in [0.2, 0.25) is 0 Å². The Hall–Kier alpha value is -2.61. The average Bonchev–Trinajstić information content (AvgIpc) is 2.91. The molecule has 21 heavy (non-hydrogen) atoms. The summed E-state index contributed by atoms with van der Waals surface area (Å²) in [5, 5.41) is 18.0. The van der Waals surface area contributed by atoms with Crippen molar-refractivity contribution in [1.82, 2.24) is 10.3 Å². The SMILES string of the molecule is CC(C)C1=C(c2ccccc2)NC2C(C#N)C=NN2C1=O. The molecule has 2 heterocycles. The highest BCUT2D eigenvalue weighted by atomic mass is 16.2. The highest BCUT2D eigenvalue weighted by Gasteiger charge is 2.42. The number of hydrogen-bond acceptors (Lipinski definition) is 4. The molecule has 0 spiro atoms. The third-order valence-corrected chi connectivity index (χ3v) is 3.74. The Bertz CT molecular complexity index is 669. The molecule has 106 valence electrons. The monoisotopic (exact) mass is 280 g/mol. The maximum Gasteiger partial charge on any atom is 0.274 e. The highest BCUT2D eigenvalue weighted by molar-refractivity contribution is 6.04. The van der Waals surface area contributed by atoms with Crippen LogP contribution in [-0.4, -0.2) is 23.3 Å². The van der Waals surface area contributed by atoms with Crippen LogP contribution in [0.4, 0.5) is 0 Å². The largest absolute Gasteiger partial charge is 0.361 e. The average molecular weight is 280 g/mol. The van der Waals surface area contributed by atoms with Gasteiger partial charge in [0.1, 0.15) is 12.1 Å². The number of carbonyl (C=O) groups is 1. The summed E-state index contributed by atoms with van der Waals surface area (Å²) in [6, 6.07) is 11.9. The van der Waals surface area contributed by atoms with Crippen LogP contribution in [0.1, 0.15) is 19.4 Å². The van der Waals surface area contributed by atoms with E-state index in [-0.39, 0.29) is 11.8 Å². The van der Waals surface area contributed by atoms with Crippen molar-refractivity contribution in [2.45, 2.75) is 20.0 Å². The van der Waals surface area contributed by atoms with Gasteiger partial charge in [-0.05, 0) is 11.5 Å². The summed E-state index contributed by atoms with van der Waals surface area (Å²) < 4.78 is 0. The summed E-state index contributed by atoms with van der Waals surface area (Å²) in [7, 11) is 0. The number of nitriles is 1. The second-order valence-electron chi connectivity index (χ2n) is 5.47. The Balaban J connectivity index is 2.11. The number of nitrogens with zero attached hydrogens (tertiary/aromatic N) is 3. The number of fused-ring (bicyclic) bond motifs is 1. The lowest BCUT2D eigenvalue weighted by Gasteiger charge is -2.35. The molecule has 2 unspecified atom stereocenters. The molecule has 2 aliphatic heterocycles. The van der Waals surface area contributed by atoms with E-state index >= 15 is 0 Å². The highest BCUT2D eigenvalue weighted by Crippen LogP contribution is 2.32. The standard InChI is InChI=1S/C16H16N4O/c1-10(2)13-14(11-6-4-3-5-7-11)19-15-12(8-17)9-18-20(15)16(13)21/h3-7,9-10,12,15,19H,1-2H3. The van der Waals surface area contributed by atoms with Gasteiger partial charge < -0.3 is 5.32 Å². The van der Waals surface area contributed by atoms with Crippen LogP contribution < -0.4 is 5.32 Å². The van der Waals surface area contributed by atoms with Gasteiger partial charge in [0, 0.05) is 11.8 Å². The van der Waals surface area contributed by atoms with Gasteiger partial charge in [-0.25, -0.2) is 5.01 Å². The summed E-state index contributed by atoms with van der Waals surface area (Å²) >= 11 is 0. The molecule has 0 bridgehead atoms. The van der Waals surface area contributed by atoms with Crippen molar-refractivity contribution < 1.29 is 4.79 Å². The maximum atomic E-state index is 12.7. The van der Waals surface area contributed by atoms with E-state index in [1.54, 1.807) is 0 Å². The molecule has 0 saturated heterocycles. The number of hydrogen-bond donors (Lipinski definition) is 1. The molecule has 5 heteroatoms. The molecule has 5 nitrogen and oxygen atoms in total.